The number of rotatable bonds is 7. The molecule has 1 amide bonds. The lowest BCUT2D eigenvalue weighted by atomic mass is 10.2. The van der Waals surface area contributed by atoms with Crippen LogP contribution in [-0.4, -0.2) is 28.3 Å². The third-order valence-corrected chi connectivity index (χ3v) is 3.71. The van der Waals surface area contributed by atoms with Gasteiger partial charge < -0.3 is 10.1 Å². The van der Waals surface area contributed by atoms with E-state index in [1.807, 2.05) is 41.2 Å². The first-order chi connectivity index (χ1) is 10.5. The van der Waals surface area contributed by atoms with Gasteiger partial charge in [-0.3, -0.25) is 9.48 Å². The van der Waals surface area contributed by atoms with Gasteiger partial charge in [0.15, 0.2) is 6.10 Å². The van der Waals surface area contributed by atoms with Gasteiger partial charge in [0.05, 0.1) is 0 Å². The van der Waals surface area contributed by atoms with Crippen molar-refractivity contribution >= 4 is 21.8 Å². The van der Waals surface area contributed by atoms with Gasteiger partial charge in [0.2, 0.25) is 0 Å². The zero-order valence-electron chi connectivity index (χ0n) is 12.7. The number of carbonyl (C=O) groups is 1. The molecular weight excluding hydrogens is 346 g/mol. The fourth-order valence-electron chi connectivity index (χ4n) is 1.98. The van der Waals surface area contributed by atoms with Crippen molar-refractivity contribution in [3.63, 3.8) is 0 Å². The van der Waals surface area contributed by atoms with E-state index in [1.54, 1.807) is 13.1 Å². The first-order valence-corrected chi connectivity index (χ1v) is 8.01. The van der Waals surface area contributed by atoms with Gasteiger partial charge in [-0.25, -0.2) is 0 Å². The number of hydrogen-bond donors (Lipinski definition) is 1. The quantitative estimate of drug-likeness (QED) is 0.820. The van der Waals surface area contributed by atoms with Crippen LogP contribution in [0.1, 0.15) is 13.8 Å². The summed E-state index contributed by atoms with van der Waals surface area (Å²) in [6.07, 6.45) is 3.13. The maximum atomic E-state index is 12.1. The molecule has 0 radical (unpaired) electrons. The number of halogens is 1. The van der Waals surface area contributed by atoms with Crippen molar-refractivity contribution in [3.05, 3.63) is 47.2 Å². The van der Waals surface area contributed by atoms with Crippen molar-refractivity contribution < 1.29 is 9.53 Å². The SMILES string of the molecule is CC(CNC(=O)C(C)Oc1ccc(Br)cc1)Cn1cccn1. The molecule has 0 saturated heterocycles. The number of ether oxygens (including phenoxy) is 1. The van der Waals surface area contributed by atoms with Crippen LogP contribution in [0.25, 0.3) is 0 Å². The Balaban J connectivity index is 1.75. The second-order valence-electron chi connectivity index (χ2n) is 5.29. The van der Waals surface area contributed by atoms with Gasteiger partial charge in [-0.05, 0) is 43.2 Å². The van der Waals surface area contributed by atoms with Crippen molar-refractivity contribution in [2.75, 3.05) is 6.54 Å². The maximum Gasteiger partial charge on any atom is 0.260 e. The van der Waals surface area contributed by atoms with Gasteiger partial charge in [0.1, 0.15) is 5.75 Å². The molecule has 0 fully saturated rings. The van der Waals surface area contributed by atoms with E-state index in [2.05, 4.69) is 33.3 Å². The van der Waals surface area contributed by atoms with Gasteiger partial charge in [-0.1, -0.05) is 22.9 Å². The molecular formula is C16H20BrN3O2. The molecule has 2 atom stereocenters. The zero-order valence-corrected chi connectivity index (χ0v) is 14.3. The van der Waals surface area contributed by atoms with E-state index in [0.29, 0.717) is 18.2 Å². The molecule has 1 N–H and O–H groups in total. The van der Waals surface area contributed by atoms with Crippen LogP contribution in [-0.2, 0) is 11.3 Å². The predicted molar refractivity (Wildman–Crippen MR) is 88.6 cm³/mol. The Kier molecular flexibility index (Phi) is 6.00. The molecule has 6 heteroatoms. The average molecular weight is 366 g/mol. The van der Waals surface area contributed by atoms with Crippen molar-refractivity contribution in [1.29, 1.82) is 0 Å². The number of carbonyl (C=O) groups excluding carboxylic acids is 1. The van der Waals surface area contributed by atoms with Crippen LogP contribution in [0, 0.1) is 5.92 Å². The molecule has 5 nitrogen and oxygen atoms in total. The fourth-order valence-corrected chi connectivity index (χ4v) is 2.25. The molecule has 0 saturated carbocycles. The summed E-state index contributed by atoms with van der Waals surface area (Å²) in [6.45, 7) is 5.18. The molecule has 2 unspecified atom stereocenters. The minimum absolute atomic E-state index is 0.116. The normalized spacial score (nSPS) is 13.4. The number of hydrogen-bond acceptors (Lipinski definition) is 3. The van der Waals surface area contributed by atoms with E-state index in [0.717, 1.165) is 11.0 Å². The second kappa shape index (κ2) is 7.98. The van der Waals surface area contributed by atoms with Crippen LogP contribution >= 0.6 is 15.9 Å². The van der Waals surface area contributed by atoms with E-state index in [1.165, 1.54) is 0 Å². The highest BCUT2D eigenvalue weighted by atomic mass is 79.9. The van der Waals surface area contributed by atoms with Gasteiger partial charge in [0, 0.05) is 30.0 Å². The Labute approximate surface area is 138 Å². The minimum Gasteiger partial charge on any atom is -0.481 e. The standard InChI is InChI=1S/C16H20BrN3O2/c1-12(11-20-9-3-8-19-20)10-18-16(21)13(2)22-15-6-4-14(17)5-7-15/h3-9,12-13H,10-11H2,1-2H3,(H,18,21). The first kappa shape index (κ1) is 16.5. The zero-order chi connectivity index (χ0) is 15.9. The summed E-state index contributed by atoms with van der Waals surface area (Å²) in [5.74, 6) is 0.856. The number of benzene rings is 1. The summed E-state index contributed by atoms with van der Waals surface area (Å²) in [5.41, 5.74) is 0. The molecule has 118 valence electrons. The van der Waals surface area contributed by atoms with Gasteiger partial charge in [-0.2, -0.15) is 5.10 Å². The van der Waals surface area contributed by atoms with Crippen LogP contribution in [0.4, 0.5) is 0 Å². The fraction of sp³-hybridized carbons (Fsp3) is 0.375. The molecule has 1 aromatic heterocycles. The van der Waals surface area contributed by atoms with Crippen LogP contribution in [0.5, 0.6) is 5.75 Å². The van der Waals surface area contributed by atoms with E-state index in [-0.39, 0.29) is 5.91 Å². The smallest absolute Gasteiger partial charge is 0.260 e. The topological polar surface area (TPSA) is 56.1 Å². The summed E-state index contributed by atoms with van der Waals surface area (Å²) >= 11 is 3.36. The summed E-state index contributed by atoms with van der Waals surface area (Å²) in [6, 6.07) is 9.31. The molecule has 2 rings (SSSR count). The highest BCUT2D eigenvalue weighted by Crippen LogP contribution is 2.17. The summed E-state index contributed by atoms with van der Waals surface area (Å²) in [7, 11) is 0. The molecule has 0 aliphatic heterocycles. The van der Waals surface area contributed by atoms with E-state index >= 15 is 0 Å². The third-order valence-electron chi connectivity index (χ3n) is 3.18. The molecule has 0 bridgehead atoms. The Hall–Kier alpha value is -1.82. The molecule has 2 aromatic rings. The van der Waals surface area contributed by atoms with Gasteiger partial charge in [-0.15, -0.1) is 0 Å². The summed E-state index contributed by atoms with van der Waals surface area (Å²) in [4.78, 5) is 12.1. The average Bonchev–Trinajstić information content (AvgIpc) is 3.00. The number of aromatic nitrogens is 2. The van der Waals surface area contributed by atoms with Crippen LogP contribution in [0.15, 0.2) is 47.2 Å². The third kappa shape index (κ3) is 5.18. The largest absolute Gasteiger partial charge is 0.481 e. The molecule has 0 aliphatic carbocycles. The van der Waals surface area contributed by atoms with E-state index in [9.17, 15) is 4.79 Å². The molecule has 0 aliphatic rings. The second-order valence-corrected chi connectivity index (χ2v) is 6.21. The molecule has 22 heavy (non-hydrogen) atoms. The lowest BCUT2D eigenvalue weighted by Crippen LogP contribution is -2.39. The first-order valence-electron chi connectivity index (χ1n) is 7.22. The molecule has 1 aromatic carbocycles. The number of nitrogens with zero attached hydrogens (tertiary/aromatic N) is 2. The Bertz CT molecular complexity index is 584. The van der Waals surface area contributed by atoms with Gasteiger partial charge >= 0.3 is 0 Å². The van der Waals surface area contributed by atoms with Gasteiger partial charge in [0.25, 0.3) is 5.91 Å². The van der Waals surface area contributed by atoms with Crippen LogP contribution in [0.2, 0.25) is 0 Å². The van der Waals surface area contributed by atoms with Crippen LogP contribution in [0.3, 0.4) is 0 Å². The lowest BCUT2D eigenvalue weighted by molar-refractivity contribution is -0.127. The molecule has 1 heterocycles. The van der Waals surface area contributed by atoms with Crippen molar-refractivity contribution in [1.82, 2.24) is 15.1 Å². The Morgan fingerprint density at radius 1 is 1.36 bits per heavy atom. The monoisotopic (exact) mass is 365 g/mol. The minimum atomic E-state index is -0.530. The highest BCUT2D eigenvalue weighted by molar-refractivity contribution is 9.10. The molecule has 0 spiro atoms. The predicted octanol–water partition coefficient (Wildman–Crippen LogP) is 2.87. The highest BCUT2D eigenvalue weighted by Gasteiger charge is 2.15. The summed E-state index contributed by atoms with van der Waals surface area (Å²) in [5, 5.41) is 7.07. The maximum absolute atomic E-state index is 12.1. The van der Waals surface area contributed by atoms with E-state index < -0.39 is 6.10 Å². The Morgan fingerprint density at radius 3 is 2.73 bits per heavy atom. The van der Waals surface area contributed by atoms with Crippen molar-refractivity contribution in [2.45, 2.75) is 26.5 Å². The van der Waals surface area contributed by atoms with Crippen LogP contribution < -0.4 is 10.1 Å². The Morgan fingerprint density at radius 2 is 2.09 bits per heavy atom. The number of amides is 1. The van der Waals surface area contributed by atoms with Crippen molar-refractivity contribution in [3.8, 4) is 5.75 Å². The lowest BCUT2D eigenvalue weighted by Gasteiger charge is -2.17. The summed E-state index contributed by atoms with van der Waals surface area (Å²) < 4.78 is 8.45. The van der Waals surface area contributed by atoms with E-state index in [4.69, 9.17) is 4.74 Å². The van der Waals surface area contributed by atoms with Crippen molar-refractivity contribution in [2.24, 2.45) is 5.92 Å². The number of nitrogens with one attached hydrogen (secondary N) is 1.